The number of hydrogen-bond donors (Lipinski definition) is 2. The molecule has 2 N–H and O–H groups in total. The molecule has 1 aromatic rings. The third kappa shape index (κ3) is 2.39. The molecule has 2 amide bonds. The first-order chi connectivity index (χ1) is 7.52. The van der Waals surface area contributed by atoms with E-state index in [1.165, 1.54) is 0 Å². The van der Waals surface area contributed by atoms with Gasteiger partial charge in [-0.15, -0.1) is 0 Å². The van der Waals surface area contributed by atoms with Crippen molar-refractivity contribution in [2.75, 3.05) is 12.4 Å². The third-order valence-electron chi connectivity index (χ3n) is 2.63. The van der Waals surface area contributed by atoms with Gasteiger partial charge in [0.1, 0.15) is 0 Å². The van der Waals surface area contributed by atoms with Crippen LogP contribution in [0.3, 0.4) is 0 Å². The maximum absolute atomic E-state index is 11.7. The Morgan fingerprint density at radius 2 is 1.81 bits per heavy atom. The molecule has 0 atom stereocenters. The number of likely N-dealkylation sites (N-methyl/N-ethyl adjacent to an activating group) is 1. The number of rotatable bonds is 4. The molecular weight excluding hydrogens is 204 g/mol. The molecule has 0 aromatic heterocycles. The molecule has 0 bridgehead atoms. The SMILES string of the molecule is CNC(=O)C(C)(C)c1ccc(NC=O)cc1. The maximum atomic E-state index is 11.7. The first-order valence-electron chi connectivity index (χ1n) is 5.05. The van der Waals surface area contributed by atoms with Gasteiger partial charge < -0.3 is 10.6 Å². The fraction of sp³-hybridized carbons (Fsp3) is 0.333. The van der Waals surface area contributed by atoms with Crippen LogP contribution < -0.4 is 10.6 Å². The zero-order valence-corrected chi connectivity index (χ0v) is 9.70. The summed E-state index contributed by atoms with van der Waals surface area (Å²) in [6, 6.07) is 7.21. The summed E-state index contributed by atoms with van der Waals surface area (Å²) in [4.78, 5) is 21.9. The number of amides is 2. The highest BCUT2D eigenvalue weighted by molar-refractivity contribution is 5.87. The van der Waals surface area contributed by atoms with Crippen molar-refractivity contribution in [2.45, 2.75) is 19.3 Å². The summed E-state index contributed by atoms with van der Waals surface area (Å²) in [7, 11) is 1.62. The van der Waals surface area contributed by atoms with Crippen LogP contribution in [0.1, 0.15) is 19.4 Å². The highest BCUT2D eigenvalue weighted by Crippen LogP contribution is 2.24. The van der Waals surface area contributed by atoms with Crippen molar-refractivity contribution >= 4 is 18.0 Å². The van der Waals surface area contributed by atoms with Crippen LogP contribution in [0, 0.1) is 0 Å². The van der Waals surface area contributed by atoms with Gasteiger partial charge >= 0.3 is 0 Å². The number of anilines is 1. The van der Waals surface area contributed by atoms with Gasteiger partial charge in [-0.3, -0.25) is 9.59 Å². The number of hydrogen-bond acceptors (Lipinski definition) is 2. The molecular formula is C12H16N2O2. The van der Waals surface area contributed by atoms with E-state index in [0.29, 0.717) is 12.1 Å². The number of nitrogens with one attached hydrogen (secondary N) is 2. The van der Waals surface area contributed by atoms with Crippen molar-refractivity contribution in [3.05, 3.63) is 29.8 Å². The Morgan fingerprint density at radius 1 is 1.25 bits per heavy atom. The van der Waals surface area contributed by atoms with Crippen LogP contribution in [0.15, 0.2) is 24.3 Å². The van der Waals surface area contributed by atoms with Gasteiger partial charge in [-0.25, -0.2) is 0 Å². The quantitative estimate of drug-likeness (QED) is 0.751. The highest BCUT2D eigenvalue weighted by atomic mass is 16.2. The van der Waals surface area contributed by atoms with Crippen molar-refractivity contribution in [1.29, 1.82) is 0 Å². The van der Waals surface area contributed by atoms with E-state index < -0.39 is 5.41 Å². The Labute approximate surface area is 95.0 Å². The predicted molar refractivity (Wildman–Crippen MR) is 63.2 cm³/mol. The molecule has 0 radical (unpaired) electrons. The molecule has 0 aliphatic heterocycles. The standard InChI is InChI=1S/C12H16N2O2/c1-12(2,11(16)13-3)9-4-6-10(7-5-9)14-8-15/h4-8H,1-3H3,(H,13,16)(H,14,15). The molecule has 1 aromatic carbocycles. The fourth-order valence-electron chi connectivity index (χ4n) is 1.49. The van der Waals surface area contributed by atoms with Gasteiger partial charge in [0, 0.05) is 12.7 Å². The Bertz CT molecular complexity index is 383. The largest absolute Gasteiger partial charge is 0.358 e. The Kier molecular flexibility index (Phi) is 3.66. The molecule has 16 heavy (non-hydrogen) atoms. The lowest BCUT2D eigenvalue weighted by Crippen LogP contribution is -2.37. The van der Waals surface area contributed by atoms with Crippen LogP contribution in [-0.4, -0.2) is 19.4 Å². The van der Waals surface area contributed by atoms with Crippen molar-refractivity contribution < 1.29 is 9.59 Å². The van der Waals surface area contributed by atoms with Gasteiger partial charge in [0.25, 0.3) is 0 Å². The molecule has 0 aliphatic rings. The third-order valence-corrected chi connectivity index (χ3v) is 2.63. The first-order valence-corrected chi connectivity index (χ1v) is 5.05. The number of benzene rings is 1. The van der Waals surface area contributed by atoms with E-state index in [1.807, 2.05) is 26.0 Å². The summed E-state index contributed by atoms with van der Waals surface area (Å²) in [5.74, 6) is -0.0383. The summed E-state index contributed by atoms with van der Waals surface area (Å²) in [5, 5.41) is 5.18. The van der Waals surface area contributed by atoms with Gasteiger partial charge in [-0.05, 0) is 31.5 Å². The van der Waals surface area contributed by atoms with Crippen molar-refractivity contribution in [2.24, 2.45) is 0 Å². The average Bonchev–Trinajstić information content (AvgIpc) is 2.29. The fourth-order valence-corrected chi connectivity index (χ4v) is 1.49. The lowest BCUT2D eigenvalue weighted by Gasteiger charge is -2.23. The molecule has 0 saturated heterocycles. The van der Waals surface area contributed by atoms with E-state index in [-0.39, 0.29) is 5.91 Å². The minimum absolute atomic E-state index is 0.0383. The minimum Gasteiger partial charge on any atom is -0.358 e. The predicted octanol–water partition coefficient (Wildman–Crippen LogP) is 1.28. The van der Waals surface area contributed by atoms with E-state index in [4.69, 9.17) is 0 Å². The summed E-state index contributed by atoms with van der Waals surface area (Å²) < 4.78 is 0. The molecule has 0 unspecified atom stereocenters. The molecule has 0 aliphatic carbocycles. The van der Waals surface area contributed by atoms with Crippen LogP contribution in [0.5, 0.6) is 0 Å². The van der Waals surface area contributed by atoms with E-state index in [0.717, 1.165) is 5.56 Å². The maximum Gasteiger partial charge on any atom is 0.229 e. The van der Waals surface area contributed by atoms with Gasteiger partial charge in [-0.1, -0.05) is 12.1 Å². The second kappa shape index (κ2) is 4.79. The zero-order valence-electron chi connectivity index (χ0n) is 9.70. The zero-order chi connectivity index (χ0) is 12.2. The topological polar surface area (TPSA) is 58.2 Å². The van der Waals surface area contributed by atoms with Crippen molar-refractivity contribution in [3.63, 3.8) is 0 Å². The summed E-state index contributed by atoms with van der Waals surface area (Å²) in [6.07, 6.45) is 0.624. The normalized spacial score (nSPS) is 10.7. The van der Waals surface area contributed by atoms with E-state index in [9.17, 15) is 9.59 Å². The molecule has 0 fully saturated rings. The van der Waals surface area contributed by atoms with Gasteiger partial charge in [0.05, 0.1) is 5.41 Å². The van der Waals surface area contributed by atoms with E-state index >= 15 is 0 Å². The van der Waals surface area contributed by atoms with Crippen LogP contribution in [0.25, 0.3) is 0 Å². The Hall–Kier alpha value is -1.84. The molecule has 4 nitrogen and oxygen atoms in total. The van der Waals surface area contributed by atoms with Gasteiger partial charge in [0.15, 0.2) is 0 Å². The molecule has 0 heterocycles. The van der Waals surface area contributed by atoms with Crippen LogP contribution in [-0.2, 0) is 15.0 Å². The van der Waals surface area contributed by atoms with E-state index in [2.05, 4.69) is 10.6 Å². The summed E-state index contributed by atoms with van der Waals surface area (Å²) >= 11 is 0. The van der Waals surface area contributed by atoms with E-state index in [1.54, 1.807) is 19.2 Å². The lowest BCUT2D eigenvalue weighted by molar-refractivity contribution is -0.125. The Morgan fingerprint density at radius 3 is 2.25 bits per heavy atom. The number of carbonyl (C=O) groups is 2. The summed E-state index contributed by atoms with van der Waals surface area (Å²) in [5.41, 5.74) is 1.05. The number of carbonyl (C=O) groups excluding carboxylic acids is 2. The van der Waals surface area contributed by atoms with Crippen LogP contribution in [0.4, 0.5) is 5.69 Å². The smallest absolute Gasteiger partial charge is 0.229 e. The molecule has 0 saturated carbocycles. The van der Waals surface area contributed by atoms with Crippen molar-refractivity contribution in [3.8, 4) is 0 Å². The van der Waals surface area contributed by atoms with Gasteiger partial charge in [-0.2, -0.15) is 0 Å². The Balaban J connectivity index is 2.96. The average molecular weight is 220 g/mol. The van der Waals surface area contributed by atoms with Crippen LogP contribution >= 0.6 is 0 Å². The first kappa shape index (κ1) is 12.2. The molecule has 1 rings (SSSR count). The second-order valence-electron chi connectivity index (χ2n) is 4.04. The van der Waals surface area contributed by atoms with Gasteiger partial charge in [0.2, 0.25) is 12.3 Å². The molecule has 0 spiro atoms. The monoisotopic (exact) mass is 220 g/mol. The van der Waals surface area contributed by atoms with Crippen molar-refractivity contribution in [1.82, 2.24) is 5.32 Å². The lowest BCUT2D eigenvalue weighted by atomic mass is 9.83. The second-order valence-corrected chi connectivity index (χ2v) is 4.04. The van der Waals surface area contributed by atoms with Crippen LogP contribution in [0.2, 0.25) is 0 Å². The summed E-state index contributed by atoms with van der Waals surface area (Å²) in [6.45, 7) is 3.71. The minimum atomic E-state index is -0.575. The molecule has 4 heteroatoms. The molecule has 86 valence electrons. The highest BCUT2D eigenvalue weighted by Gasteiger charge is 2.28.